The standard InChI is InChI=1S/C10H14N5O12PS/c11-8-5-9(13-2-12-8)15(3-14-5)10-7(17)6(16)4(24-10)1-23-28(19,20)26-27-29(21,22)25-18/h2-4,6-7,10,16-18H,1H2,(H,19,20)(H2,11,12,13). The van der Waals surface area contributed by atoms with Crippen molar-refractivity contribution >= 4 is 35.2 Å². The van der Waals surface area contributed by atoms with E-state index < -0.39 is 49.4 Å². The molecule has 162 valence electrons. The van der Waals surface area contributed by atoms with Gasteiger partial charge in [0.1, 0.15) is 30.2 Å². The van der Waals surface area contributed by atoms with Crippen molar-refractivity contribution in [3.8, 4) is 0 Å². The van der Waals surface area contributed by atoms with E-state index in [4.69, 9.17) is 15.7 Å². The molecule has 1 fully saturated rings. The molecule has 2 aromatic heterocycles. The summed E-state index contributed by atoms with van der Waals surface area (Å²) in [6, 6.07) is 0. The fourth-order valence-electron chi connectivity index (χ4n) is 2.43. The largest absolute Gasteiger partial charge is 0.500 e. The van der Waals surface area contributed by atoms with Gasteiger partial charge in [0.25, 0.3) is 0 Å². The summed E-state index contributed by atoms with van der Waals surface area (Å²) in [6.07, 6.45) is -3.33. The minimum atomic E-state index is -5.15. The van der Waals surface area contributed by atoms with E-state index in [0.29, 0.717) is 0 Å². The molecule has 1 saturated heterocycles. The molecule has 5 unspecified atom stereocenters. The van der Waals surface area contributed by atoms with Gasteiger partial charge in [0, 0.05) is 0 Å². The Morgan fingerprint density at radius 2 is 2.00 bits per heavy atom. The zero-order chi connectivity index (χ0) is 21.4. The molecule has 0 aliphatic carbocycles. The molecule has 0 spiro atoms. The number of phosphoric acid groups is 1. The molecule has 1 aliphatic rings. The fraction of sp³-hybridized carbons (Fsp3) is 0.500. The van der Waals surface area contributed by atoms with Crippen molar-refractivity contribution in [3.05, 3.63) is 12.7 Å². The number of nitrogen functional groups attached to an aromatic ring is 1. The van der Waals surface area contributed by atoms with Crippen LogP contribution in [0.4, 0.5) is 5.82 Å². The summed E-state index contributed by atoms with van der Waals surface area (Å²) in [4.78, 5) is 21.1. The number of aliphatic hydroxyl groups is 2. The van der Waals surface area contributed by atoms with Crippen molar-refractivity contribution in [1.82, 2.24) is 19.5 Å². The Bertz CT molecular complexity index is 1030. The SMILES string of the molecule is Nc1ncnc2c1ncn2C1OC(COP(=O)(O)OOS(=O)(=O)OO)C(O)C1O. The lowest BCUT2D eigenvalue weighted by atomic mass is 10.1. The van der Waals surface area contributed by atoms with E-state index in [1.54, 1.807) is 0 Å². The number of rotatable bonds is 8. The second kappa shape index (κ2) is 8.13. The second-order valence-electron chi connectivity index (χ2n) is 5.52. The summed E-state index contributed by atoms with van der Waals surface area (Å²) in [6.45, 7) is -0.838. The Morgan fingerprint density at radius 1 is 1.28 bits per heavy atom. The average Bonchev–Trinajstić information content (AvgIpc) is 3.22. The highest BCUT2D eigenvalue weighted by molar-refractivity contribution is 7.81. The van der Waals surface area contributed by atoms with E-state index in [-0.39, 0.29) is 17.0 Å². The summed E-state index contributed by atoms with van der Waals surface area (Å²) in [7, 11) is -10.3. The number of imidazole rings is 1. The maximum Gasteiger partial charge on any atom is 0.500 e. The molecule has 17 nitrogen and oxygen atoms in total. The molecule has 1 aliphatic heterocycles. The lowest BCUT2D eigenvalue weighted by molar-refractivity contribution is -0.192. The van der Waals surface area contributed by atoms with Crippen molar-refractivity contribution in [2.45, 2.75) is 24.5 Å². The number of fused-ring (bicyclic) bond motifs is 1. The third-order valence-electron chi connectivity index (χ3n) is 3.70. The van der Waals surface area contributed by atoms with E-state index in [9.17, 15) is 28.1 Å². The smallest absolute Gasteiger partial charge is 0.387 e. The number of ether oxygens (including phenoxy) is 1. The summed E-state index contributed by atoms with van der Waals surface area (Å²) >= 11 is 0. The molecular formula is C10H14N5O12PS. The fourth-order valence-corrected chi connectivity index (χ4v) is 3.44. The number of nitrogens with zero attached hydrogens (tertiary/aromatic N) is 4. The van der Waals surface area contributed by atoms with Crippen molar-refractivity contribution < 1.29 is 55.9 Å². The van der Waals surface area contributed by atoms with Gasteiger partial charge >= 0.3 is 18.2 Å². The van der Waals surface area contributed by atoms with Crippen molar-refractivity contribution in [2.75, 3.05) is 12.3 Å². The first kappa shape index (κ1) is 21.9. The molecule has 0 radical (unpaired) electrons. The van der Waals surface area contributed by atoms with Crippen LogP contribution in [0.15, 0.2) is 12.7 Å². The van der Waals surface area contributed by atoms with Crippen LogP contribution in [0.25, 0.3) is 11.2 Å². The van der Waals surface area contributed by atoms with Gasteiger partial charge < -0.3 is 25.6 Å². The van der Waals surface area contributed by atoms with Crippen LogP contribution in [0.1, 0.15) is 6.23 Å². The molecule has 0 saturated carbocycles. The number of aliphatic hydroxyl groups excluding tert-OH is 2. The van der Waals surface area contributed by atoms with Gasteiger partial charge in [0.2, 0.25) is 0 Å². The molecule has 6 N–H and O–H groups in total. The van der Waals surface area contributed by atoms with Gasteiger partial charge in [0.15, 0.2) is 17.7 Å². The first-order chi connectivity index (χ1) is 13.5. The lowest BCUT2D eigenvalue weighted by Crippen LogP contribution is -2.33. The van der Waals surface area contributed by atoms with E-state index in [1.165, 1.54) is 10.9 Å². The van der Waals surface area contributed by atoms with Gasteiger partial charge in [-0.25, -0.2) is 24.8 Å². The third-order valence-corrected chi connectivity index (χ3v) is 4.96. The van der Waals surface area contributed by atoms with Crippen LogP contribution in [-0.4, -0.2) is 73.2 Å². The van der Waals surface area contributed by atoms with E-state index >= 15 is 0 Å². The molecule has 3 heterocycles. The van der Waals surface area contributed by atoms with Gasteiger partial charge in [-0.1, -0.05) is 8.67 Å². The van der Waals surface area contributed by atoms with E-state index in [1.807, 2.05) is 0 Å². The maximum atomic E-state index is 11.6. The zero-order valence-corrected chi connectivity index (χ0v) is 15.7. The van der Waals surface area contributed by atoms with E-state index in [2.05, 4.69) is 32.8 Å². The summed E-state index contributed by atoms with van der Waals surface area (Å²) in [5, 5.41) is 28.3. The summed E-state index contributed by atoms with van der Waals surface area (Å²) in [5.74, 6) is 0.0712. The topological polar surface area (TPSA) is 248 Å². The first-order valence-corrected chi connectivity index (χ1v) is 10.3. The van der Waals surface area contributed by atoms with Gasteiger partial charge in [0.05, 0.1) is 12.9 Å². The molecule has 0 amide bonds. The van der Waals surface area contributed by atoms with Gasteiger partial charge in [-0.3, -0.25) is 9.09 Å². The molecular weight excluding hydrogens is 445 g/mol. The Hall–Kier alpha value is -1.83. The number of aromatic nitrogens is 4. The molecule has 2 aromatic rings. The Kier molecular flexibility index (Phi) is 6.13. The van der Waals surface area contributed by atoms with Gasteiger partial charge in [-0.05, 0) is 0 Å². The highest BCUT2D eigenvalue weighted by Gasteiger charge is 2.45. The number of hydrogen-bond acceptors (Lipinski definition) is 15. The summed E-state index contributed by atoms with van der Waals surface area (Å²) < 4.78 is 54.0. The van der Waals surface area contributed by atoms with E-state index in [0.717, 1.165) is 6.33 Å². The second-order valence-corrected chi connectivity index (χ2v) is 7.96. The number of anilines is 1. The predicted molar refractivity (Wildman–Crippen MR) is 86.2 cm³/mol. The number of phosphoric ester groups is 1. The van der Waals surface area contributed by atoms with Crippen LogP contribution < -0.4 is 5.73 Å². The Morgan fingerprint density at radius 3 is 2.69 bits per heavy atom. The number of nitrogens with two attached hydrogens (primary N) is 1. The first-order valence-electron chi connectivity index (χ1n) is 7.42. The minimum absolute atomic E-state index is 0.0712. The highest BCUT2D eigenvalue weighted by atomic mass is 32.3. The van der Waals surface area contributed by atoms with Crippen molar-refractivity contribution in [1.29, 1.82) is 0 Å². The van der Waals surface area contributed by atoms with Crippen LogP contribution in [-0.2, 0) is 37.6 Å². The Labute approximate surface area is 161 Å². The zero-order valence-electron chi connectivity index (χ0n) is 13.9. The highest BCUT2D eigenvalue weighted by Crippen LogP contribution is 2.45. The van der Waals surface area contributed by atoms with Gasteiger partial charge in [-0.15, -0.1) is 4.67 Å². The average molecular weight is 459 g/mol. The monoisotopic (exact) mass is 459 g/mol. The molecule has 0 aromatic carbocycles. The maximum absolute atomic E-state index is 11.6. The quantitative estimate of drug-likeness (QED) is 0.160. The van der Waals surface area contributed by atoms with Gasteiger partial charge in [-0.2, -0.15) is 8.42 Å². The van der Waals surface area contributed by atoms with Crippen molar-refractivity contribution in [3.63, 3.8) is 0 Å². The van der Waals surface area contributed by atoms with Crippen LogP contribution in [0, 0.1) is 0 Å². The predicted octanol–water partition coefficient (Wildman–Crippen LogP) is -2.17. The molecule has 5 atom stereocenters. The minimum Gasteiger partial charge on any atom is -0.387 e. The van der Waals surface area contributed by atoms with Crippen LogP contribution in [0.5, 0.6) is 0 Å². The molecule has 19 heteroatoms. The molecule has 3 rings (SSSR count). The summed E-state index contributed by atoms with van der Waals surface area (Å²) in [5.41, 5.74) is 6.08. The van der Waals surface area contributed by atoms with Crippen LogP contribution in [0.2, 0.25) is 0 Å². The van der Waals surface area contributed by atoms with Crippen molar-refractivity contribution in [2.24, 2.45) is 0 Å². The third kappa shape index (κ3) is 4.68. The van der Waals surface area contributed by atoms with Crippen LogP contribution in [0.3, 0.4) is 0 Å². The normalized spacial score (nSPS) is 27.3. The molecule has 0 bridgehead atoms. The lowest BCUT2D eigenvalue weighted by Gasteiger charge is -2.16. The number of hydrogen-bond donors (Lipinski definition) is 5. The van der Waals surface area contributed by atoms with Crippen LogP contribution >= 0.6 is 7.82 Å². The molecule has 29 heavy (non-hydrogen) atoms. The Balaban J connectivity index is 1.68.